The van der Waals surface area contributed by atoms with Crippen LogP contribution in [0.2, 0.25) is 0 Å². The molecule has 14 heavy (non-hydrogen) atoms. The number of amides is 2. The van der Waals surface area contributed by atoms with E-state index in [1.54, 1.807) is 0 Å². The Morgan fingerprint density at radius 3 is 2.64 bits per heavy atom. The number of rotatable bonds is 3. The molecule has 0 atom stereocenters. The van der Waals surface area contributed by atoms with Crippen molar-refractivity contribution < 1.29 is 4.79 Å². The molecule has 0 fully saturated rings. The lowest BCUT2D eigenvalue weighted by molar-refractivity contribution is 0.254. The van der Waals surface area contributed by atoms with E-state index in [2.05, 4.69) is 24.6 Å². The highest BCUT2D eigenvalue weighted by atomic mass is 32.2. The Hall–Kier alpha value is -1.16. The normalized spacial score (nSPS) is 10.2. The predicted octanol–water partition coefficient (Wildman–Crippen LogP) is 2.49. The van der Waals surface area contributed by atoms with Gasteiger partial charge in [-0.1, -0.05) is 32.0 Å². The van der Waals surface area contributed by atoms with Crippen LogP contribution in [0.15, 0.2) is 29.2 Å². The van der Waals surface area contributed by atoms with Gasteiger partial charge in [0.15, 0.2) is 0 Å². The molecule has 0 aromatic heterocycles. The molecule has 1 aromatic carbocycles. The van der Waals surface area contributed by atoms with Crippen LogP contribution in [0.25, 0.3) is 0 Å². The van der Waals surface area contributed by atoms with Gasteiger partial charge >= 0.3 is 6.03 Å². The van der Waals surface area contributed by atoms with E-state index < -0.39 is 6.03 Å². The van der Waals surface area contributed by atoms with Crippen molar-refractivity contribution in [1.82, 2.24) is 4.72 Å². The molecule has 0 aliphatic rings. The molecule has 1 rings (SSSR count). The van der Waals surface area contributed by atoms with E-state index in [9.17, 15) is 4.79 Å². The highest BCUT2D eigenvalue weighted by molar-refractivity contribution is 7.98. The van der Waals surface area contributed by atoms with E-state index in [-0.39, 0.29) is 0 Å². The minimum atomic E-state index is -0.520. The van der Waals surface area contributed by atoms with Crippen LogP contribution in [0.5, 0.6) is 0 Å². The van der Waals surface area contributed by atoms with Crippen molar-refractivity contribution in [3.05, 3.63) is 29.8 Å². The van der Waals surface area contributed by atoms with Crippen molar-refractivity contribution in [3.63, 3.8) is 0 Å². The first-order chi connectivity index (χ1) is 6.61. The first-order valence-corrected chi connectivity index (χ1v) is 5.24. The molecular formula is C10H14N2OS. The Kier molecular flexibility index (Phi) is 3.83. The monoisotopic (exact) mass is 210 g/mol. The molecule has 0 unspecified atom stereocenters. The maximum atomic E-state index is 10.5. The van der Waals surface area contributed by atoms with E-state index in [0.29, 0.717) is 5.92 Å². The van der Waals surface area contributed by atoms with Crippen molar-refractivity contribution in [3.8, 4) is 0 Å². The lowest BCUT2D eigenvalue weighted by atomic mass is 10.0. The van der Waals surface area contributed by atoms with Gasteiger partial charge in [0.2, 0.25) is 0 Å². The predicted molar refractivity (Wildman–Crippen MR) is 59.1 cm³/mol. The molecule has 0 spiro atoms. The Bertz CT molecular complexity index is 326. The largest absolute Gasteiger partial charge is 0.351 e. The summed E-state index contributed by atoms with van der Waals surface area (Å²) in [4.78, 5) is 11.6. The summed E-state index contributed by atoms with van der Waals surface area (Å²) < 4.78 is 2.51. The smallest absolute Gasteiger partial charge is 0.322 e. The molecule has 0 heterocycles. The van der Waals surface area contributed by atoms with Gasteiger partial charge in [-0.15, -0.1) is 0 Å². The third kappa shape index (κ3) is 2.96. The molecule has 0 aliphatic heterocycles. The van der Waals surface area contributed by atoms with Gasteiger partial charge in [0, 0.05) is 4.90 Å². The average Bonchev–Trinajstić information content (AvgIpc) is 2.15. The maximum absolute atomic E-state index is 10.5. The summed E-state index contributed by atoms with van der Waals surface area (Å²) in [5.41, 5.74) is 6.21. The Balaban J connectivity index is 2.79. The van der Waals surface area contributed by atoms with Crippen LogP contribution >= 0.6 is 11.9 Å². The lowest BCUT2D eigenvalue weighted by Crippen LogP contribution is -2.22. The summed E-state index contributed by atoms with van der Waals surface area (Å²) in [6.45, 7) is 4.23. The highest BCUT2D eigenvalue weighted by Gasteiger charge is 2.06. The molecule has 76 valence electrons. The topological polar surface area (TPSA) is 55.1 Å². The second-order valence-corrected chi connectivity index (χ2v) is 4.11. The second kappa shape index (κ2) is 4.91. The van der Waals surface area contributed by atoms with Crippen LogP contribution in [-0.4, -0.2) is 6.03 Å². The van der Waals surface area contributed by atoms with E-state index in [1.165, 1.54) is 17.5 Å². The molecule has 0 saturated heterocycles. The van der Waals surface area contributed by atoms with Crippen LogP contribution in [0.1, 0.15) is 25.3 Å². The standard InChI is InChI=1S/C10H14N2OS/c1-7(2)8-5-3-4-6-9(8)14-12-10(11)13/h3-7H,1-2H3,(H3,11,12,13). The minimum Gasteiger partial charge on any atom is -0.351 e. The Morgan fingerprint density at radius 1 is 1.43 bits per heavy atom. The Labute approximate surface area is 88.2 Å². The maximum Gasteiger partial charge on any atom is 0.322 e. The molecule has 0 radical (unpaired) electrons. The van der Waals surface area contributed by atoms with Crippen LogP contribution in [0.4, 0.5) is 4.79 Å². The Morgan fingerprint density at radius 2 is 2.07 bits per heavy atom. The van der Waals surface area contributed by atoms with Crippen molar-refractivity contribution >= 4 is 18.0 Å². The summed E-state index contributed by atoms with van der Waals surface area (Å²) in [6, 6.07) is 7.43. The molecular weight excluding hydrogens is 196 g/mol. The minimum absolute atomic E-state index is 0.438. The number of nitrogens with one attached hydrogen (secondary N) is 1. The van der Waals surface area contributed by atoms with Gasteiger partial charge in [-0.3, -0.25) is 4.72 Å². The molecule has 2 amide bonds. The number of benzene rings is 1. The van der Waals surface area contributed by atoms with Crippen molar-refractivity contribution in [2.24, 2.45) is 5.73 Å². The van der Waals surface area contributed by atoms with Crippen LogP contribution in [-0.2, 0) is 0 Å². The number of primary amides is 1. The van der Waals surface area contributed by atoms with E-state index in [0.717, 1.165) is 4.90 Å². The number of hydrogen-bond acceptors (Lipinski definition) is 2. The van der Waals surface area contributed by atoms with Gasteiger partial charge in [0.05, 0.1) is 0 Å². The fraction of sp³-hybridized carbons (Fsp3) is 0.300. The molecule has 0 saturated carbocycles. The van der Waals surface area contributed by atoms with Crippen molar-refractivity contribution in [2.75, 3.05) is 0 Å². The van der Waals surface area contributed by atoms with Gasteiger partial charge < -0.3 is 5.73 Å². The molecule has 0 bridgehead atoms. The quantitative estimate of drug-likeness (QED) is 0.753. The summed E-state index contributed by atoms with van der Waals surface area (Å²) in [5, 5.41) is 0. The first-order valence-electron chi connectivity index (χ1n) is 4.42. The highest BCUT2D eigenvalue weighted by Crippen LogP contribution is 2.26. The van der Waals surface area contributed by atoms with Gasteiger partial charge in [-0.2, -0.15) is 0 Å². The number of carbonyl (C=O) groups excluding carboxylic acids is 1. The number of carbonyl (C=O) groups is 1. The molecule has 1 aromatic rings. The summed E-state index contributed by atoms with van der Waals surface area (Å²) >= 11 is 1.26. The van der Waals surface area contributed by atoms with Crippen LogP contribution in [0, 0.1) is 0 Å². The second-order valence-electron chi connectivity index (χ2n) is 3.26. The SMILES string of the molecule is CC(C)c1ccccc1SNC(N)=O. The van der Waals surface area contributed by atoms with Gasteiger partial charge in [-0.25, -0.2) is 4.79 Å². The zero-order valence-electron chi connectivity index (χ0n) is 8.28. The van der Waals surface area contributed by atoms with Crippen LogP contribution < -0.4 is 10.5 Å². The van der Waals surface area contributed by atoms with E-state index in [4.69, 9.17) is 5.73 Å². The number of hydrogen-bond donors (Lipinski definition) is 2. The third-order valence-electron chi connectivity index (χ3n) is 1.80. The molecule has 3 N–H and O–H groups in total. The third-order valence-corrected chi connectivity index (χ3v) is 2.70. The number of urea groups is 1. The van der Waals surface area contributed by atoms with Crippen molar-refractivity contribution in [2.45, 2.75) is 24.7 Å². The molecule has 3 nitrogen and oxygen atoms in total. The summed E-state index contributed by atoms with van der Waals surface area (Å²) in [7, 11) is 0. The number of nitrogens with two attached hydrogens (primary N) is 1. The fourth-order valence-corrected chi connectivity index (χ4v) is 1.93. The van der Waals surface area contributed by atoms with E-state index >= 15 is 0 Å². The van der Waals surface area contributed by atoms with Gasteiger partial charge in [0.1, 0.15) is 0 Å². The first kappa shape index (κ1) is 10.9. The van der Waals surface area contributed by atoms with Gasteiger partial charge in [-0.05, 0) is 29.5 Å². The average molecular weight is 210 g/mol. The molecule has 0 aliphatic carbocycles. The lowest BCUT2D eigenvalue weighted by Gasteiger charge is -2.11. The molecule has 4 heteroatoms. The zero-order chi connectivity index (χ0) is 10.6. The van der Waals surface area contributed by atoms with Crippen LogP contribution in [0.3, 0.4) is 0 Å². The van der Waals surface area contributed by atoms with Gasteiger partial charge in [0.25, 0.3) is 0 Å². The summed E-state index contributed by atoms with van der Waals surface area (Å²) in [5.74, 6) is 0.438. The zero-order valence-corrected chi connectivity index (χ0v) is 9.10. The van der Waals surface area contributed by atoms with Crippen molar-refractivity contribution in [1.29, 1.82) is 0 Å². The fourth-order valence-electron chi connectivity index (χ4n) is 1.16. The van der Waals surface area contributed by atoms with E-state index in [1.807, 2.05) is 18.2 Å². The summed E-state index contributed by atoms with van der Waals surface area (Å²) in [6.07, 6.45) is 0.